The van der Waals surface area contributed by atoms with Crippen molar-refractivity contribution >= 4 is 17.9 Å². The molecule has 2 aromatic carbocycles. The Morgan fingerprint density at radius 3 is 2.24 bits per heavy atom. The number of aryl methyl sites for hydroxylation is 1. The van der Waals surface area contributed by atoms with Gasteiger partial charge in [-0.1, -0.05) is 74.4 Å². The van der Waals surface area contributed by atoms with E-state index in [1.165, 1.54) is 4.90 Å². The molecule has 8 heteroatoms. The van der Waals surface area contributed by atoms with Crippen molar-refractivity contribution < 1.29 is 24.2 Å². The Bertz CT molecular complexity index is 1020. The number of benzene rings is 2. The van der Waals surface area contributed by atoms with Gasteiger partial charge in [-0.25, -0.2) is 4.79 Å². The minimum absolute atomic E-state index is 0.289. The highest BCUT2D eigenvalue weighted by Gasteiger charge is 2.36. The Morgan fingerprint density at radius 2 is 1.65 bits per heavy atom. The number of nitrogens with zero attached hydrogens (tertiary/aromatic N) is 1. The lowest BCUT2D eigenvalue weighted by Gasteiger charge is -2.34. The lowest BCUT2D eigenvalue weighted by atomic mass is 9.97. The summed E-state index contributed by atoms with van der Waals surface area (Å²) in [6.07, 6.45) is 1.64. The van der Waals surface area contributed by atoms with Gasteiger partial charge >= 0.3 is 6.09 Å². The van der Waals surface area contributed by atoms with Gasteiger partial charge in [0, 0.05) is 13.1 Å². The summed E-state index contributed by atoms with van der Waals surface area (Å²) in [5.41, 5.74) is 1.71. The molecule has 0 radical (unpaired) electrons. The van der Waals surface area contributed by atoms with Crippen LogP contribution in [0, 0.1) is 6.92 Å². The van der Waals surface area contributed by atoms with Crippen molar-refractivity contribution in [3.63, 3.8) is 0 Å². The maximum Gasteiger partial charge on any atom is 0.408 e. The molecule has 2 atom stereocenters. The molecule has 202 valence electrons. The van der Waals surface area contributed by atoms with Crippen LogP contribution in [0.1, 0.15) is 69.7 Å². The molecule has 8 nitrogen and oxygen atoms in total. The zero-order valence-corrected chi connectivity index (χ0v) is 22.6. The van der Waals surface area contributed by atoms with Gasteiger partial charge in [0.05, 0.1) is 6.61 Å². The van der Waals surface area contributed by atoms with Gasteiger partial charge in [-0.3, -0.25) is 9.59 Å². The molecule has 0 aliphatic rings. The number of hydrogen-bond donors (Lipinski definition) is 3. The van der Waals surface area contributed by atoms with Crippen molar-refractivity contribution in [2.75, 3.05) is 13.2 Å². The SMILES string of the molecule is CCCCCN(C(=O)C(CO)NC(=O)OC(C)(C)C)C(C(=O)NCc1ccccc1)c1ccccc1C. The lowest BCUT2D eigenvalue weighted by molar-refractivity contribution is -0.143. The third kappa shape index (κ3) is 9.53. The number of hydrogen-bond acceptors (Lipinski definition) is 5. The molecule has 0 spiro atoms. The average Bonchev–Trinajstić information content (AvgIpc) is 2.85. The number of aliphatic hydroxyl groups is 1. The highest BCUT2D eigenvalue weighted by Crippen LogP contribution is 2.26. The Labute approximate surface area is 220 Å². The number of nitrogens with one attached hydrogen (secondary N) is 2. The van der Waals surface area contributed by atoms with Crippen LogP contribution in [0.2, 0.25) is 0 Å². The molecule has 2 aromatic rings. The van der Waals surface area contributed by atoms with Gasteiger partial charge in [0.2, 0.25) is 11.8 Å². The normalized spacial score (nSPS) is 12.8. The molecule has 0 aromatic heterocycles. The van der Waals surface area contributed by atoms with Crippen LogP contribution in [-0.2, 0) is 20.9 Å². The Balaban J connectivity index is 2.41. The van der Waals surface area contributed by atoms with Crippen molar-refractivity contribution in [1.82, 2.24) is 15.5 Å². The second-order valence-corrected chi connectivity index (χ2v) is 10.1. The van der Waals surface area contributed by atoms with E-state index in [4.69, 9.17) is 4.74 Å². The van der Waals surface area contributed by atoms with E-state index in [0.29, 0.717) is 18.5 Å². The van der Waals surface area contributed by atoms with Gasteiger partial charge in [0.1, 0.15) is 17.7 Å². The van der Waals surface area contributed by atoms with Gasteiger partial charge < -0.3 is 25.4 Å². The predicted octanol–water partition coefficient (Wildman–Crippen LogP) is 4.26. The molecule has 37 heavy (non-hydrogen) atoms. The smallest absolute Gasteiger partial charge is 0.408 e. The van der Waals surface area contributed by atoms with E-state index in [9.17, 15) is 19.5 Å². The number of unbranched alkanes of at least 4 members (excludes halogenated alkanes) is 2. The van der Waals surface area contributed by atoms with Crippen LogP contribution in [0.25, 0.3) is 0 Å². The van der Waals surface area contributed by atoms with E-state index in [2.05, 4.69) is 17.6 Å². The second-order valence-electron chi connectivity index (χ2n) is 10.1. The third-order valence-corrected chi connectivity index (χ3v) is 5.81. The monoisotopic (exact) mass is 511 g/mol. The van der Waals surface area contributed by atoms with Crippen molar-refractivity contribution in [1.29, 1.82) is 0 Å². The molecule has 0 fully saturated rings. The molecule has 3 N–H and O–H groups in total. The molecule has 2 rings (SSSR count). The standard InChI is InChI=1S/C29H41N3O5/c1-6-7-13-18-32(27(35)24(20-33)31-28(36)37-29(3,4)5)25(23-17-12-11-14-21(23)2)26(34)30-19-22-15-9-8-10-16-22/h8-12,14-17,24-25,33H,6-7,13,18-20H2,1-5H3,(H,30,34)(H,31,36). The van der Waals surface area contributed by atoms with Gasteiger partial charge in [-0.15, -0.1) is 0 Å². The van der Waals surface area contributed by atoms with Crippen molar-refractivity contribution in [2.24, 2.45) is 0 Å². The predicted molar refractivity (Wildman–Crippen MR) is 144 cm³/mol. The van der Waals surface area contributed by atoms with Crippen LogP contribution in [0.15, 0.2) is 54.6 Å². The van der Waals surface area contributed by atoms with Gasteiger partial charge in [0.25, 0.3) is 0 Å². The summed E-state index contributed by atoms with van der Waals surface area (Å²) >= 11 is 0. The minimum atomic E-state index is -1.26. The molecule has 0 aliphatic carbocycles. The van der Waals surface area contributed by atoms with E-state index in [-0.39, 0.29) is 12.5 Å². The molecule has 3 amide bonds. The molecule has 0 saturated carbocycles. The zero-order valence-electron chi connectivity index (χ0n) is 22.6. The van der Waals surface area contributed by atoms with Crippen LogP contribution in [0.5, 0.6) is 0 Å². The van der Waals surface area contributed by atoms with Crippen LogP contribution in [0.4, 0.5) is 4.79 Å². The fraction of sp³-hybridized carbons (Fsp3) is 0.483. The fourth-order valence-corrected chi connectivity index (χ4v) is 3.96. The number of carbonyl (C=O) groups is 3. The van der Waals surface area contributed by atoms with Crippen molar-refractivity contribution in [3.05, 3.63) is 71.3 Å². The number of carbonyl (C=O) groups excluding carboxylic acids is 3. The average molecular weight is 512 g/mol. The largest absolute Gasteiger partial charge is 0.444 e. The van der Waals surface area contributed by atoms with Gasteiger partial charge in [0.15, 0.2) is 0 Å². The minimum Gasteiger partial charge on any atom is -0.444 e. The van der Waals surface area contributed by atoms with E-state index < -0.39 is 36.3 Å². The van der Waals surface area contributed by atoms with Crippen LogP contribution in [0.3, 0.4) is 0 Å². The Kier molecular flexibility index (Phi) is 11.6. The Morgan fingerprint density at radius 1 is 1.00 bits per heavy atom. The Hall–Kier alpha value is -3.39. The molecular formula is C29H41N3O5. The van der Waals surface area contributed by atoms with E-state index in [1.807, 2.05) is 61.5 Å². The van der Waals surface area contributed by atoms with E-state index >= 15 is 0 Å². The van der Waals surface area contributed by atoms with Crippen LogP contribution in [-0.4, -0.2) is 52.7 Å². The fourth-order valence-electron chi connectivity index (χ4n) is 3.96. The summed E-state index contributed by atoms with van der Waals surface area (Å²) in [6, 6.07) is 14.8. The highest BCUT2D eigenvalue weighted by molar-refractivity contribution is 5.92. The van der Waals surface area contributed by atoms with Gasteiger partial charge in [-0.05, 0) is 50.8 Å². The maximum atomic E-state index is 13.8. The first-order valence-electron chi connectivity index (χ1n) is 12.9. The second kappa shape index (κ2) is 14.4. The van der Waals surface area contributed by atoms with E-state index in [1.54, 1.807) is 20.8 Å². The third-order valence-electron chi connectivity index (χ3n) is 5.81. The van der Waals surface area contributed by atoms with Crippen LogP contribution >= 0.6 is 0 Å². The first-order chi connectivity index (χ1) is 17.6. The van der Waals surface area contributed by atoms with Gasteiger partial charge in [-0.2, -0.15) is 0 Å². The molecule has 0 bridgehead atoms. The molecule has 0 aliphatic heterocycles. The number of ether oxygens (including phenoxy) is 1. The summed E-state index contributed by atoms with van der Waals surface area (Å²) in [4.78, 5) is 41.4. The van der Waals surface area contributed by atoms with E-state index in [0.717, 1.165) is 24.0 Å². The first-order valence-corrected chi connectivity index (χ1v) is 12.9. The summed E-state index contributed by atoms with van der Waals surface area (Å²) in [6.45, 7) is 9.05. The van der Waals surface area contributed by atoms with Crippen LogP contribution < -0.4 is 10.6 Å². The molecule has 2 unspecified atom stereocenters. The molecule has 0 heterocycles. The summed E-state index contributed by atoms with van der Waals surface area (Å²) in [5.74, 6) is -0.885. The maximum absolute atomic E-state index is 13.8. The topological polar surface area (TPSA) is 108 Å². The quantitative estimate of drug-likeness (QED) is 0.369. The number of amides is 3. The molecular weight excluding hydrogens is 470 g/mol. The number of alkyl carbamates (subject to hydrolysis) is 1. The zero-order chi connectivity index (χ0) is 27.4. The summed E-state index contributed by atoms with van der Waals surface area (Å²) in [7, 11) is 0. The van der Waals surface area contributed by atoms with Crippen molar-refractivity contribution in [3.8, 4) is 0 Å². The summed E-state index contributed by atoms with van der Waals surface area (Å²) in [5, 5.41) is 15.5. The lowest BCUT2D eigenvalue weighted by Crippen LogP contribution is -2.54. The van der Waals surface area contributed by atoms with Crippen molar-refractivity contribution in [2.45, 2.75) is 78.1 Å². The first kappa shape index (κ1) is 29.8. The summed E-state index contributed by atoms with van der Waals surface area (Å²) < 4.78 is 5.29. The molecule has 0 saturated heterocycles. The highest BCUT2D eigenvalue weighted by atomic mass is 16.6. The number of rotatable bonds is 12. The number of aliphatic hydroxyl groups excluding tert-OH is 1.